The molecule has 0 saturated carbocycles. The van der Waals surface area contributed by atoms with Gasteiger partial charge in [-0.2, -0.15) is 0 Å². The van der Waals surface area contributed by atoms with Gasteiger partial charge < -0.3 is 14.1 Å². The van der Waals surface area contributed by atoms with Crippen molar-refractivity contribution in [2.45, 2.75) is 0 Å². The van der Waals surface area contributed by atoms with Crippen molar-refractivity contribution in [2.24, 2.45) is 0 Å². The predicted molar refractivity (Wildman–Crippen MR) is 215 cm³/mol. The highest BCUT2D eigenvalue weighted by Crippen LogP contribution is 2.39. The molecule has 3 nitrogen and oxygen atoms in total. The lowest BCUT2D eigenvalue weighted by Crippen LogP contribution is -1.94. The minimum absolute atomic E-state index is 0.337. The van der Waals surface area contributed by atoms with Gasteiger partial charge in [-0.25, -0.2) is 17.6 Å². The Hall–Kier alpha value is -7.12. The maximum absolute atomic E-state index is 14.7. The fourth-order valence-electron chi connectivity index (χ4n) is 8.39. The summed E-state index contributed by atoms with van der Waals surface area (Å²) in [6.07, 6.45) is 0. The molecule has 0 atom stereocenters. The van der Waals surface area contributed by atoms with Gasteiger partial charge in [0.15, 0.2) is 0 Å². The van der Waals surface area contributed by atoms with Crippen molar-refractivity contribution in [1.82, 2.24) is 14.1 Å². The molecule has 11 rings (SSSR count). The first-order chi connectivity index (χ1) is 26.9. The van der Waals surface area contributed by atoms with Gasteiger partial charge in [0.1, 0.15) is 23.3 Å². The summed E-state index contributed by atoms with van der Waals surface area (Å²) in [7, 11) is 0. The van der Waals surface area contributed by atoms with Crippen LogP contribution >= 0.6 is 0 Å². The zero-order chi connectivity index (χ0) is 36.9. The van der Waals surface area contributed by atoms with E-state index < -0.39 is 0 Å². The number of fused-ring (bicyclic) bond motifs is 9. The summed E-state index contributed by atoms with van der Waals surface area (Å²) in [5, 5.41) is 5.33. The molecule has 1 N–H and O–H groups in total. The standard InChI is InChI=1S/C48H27F4N3/c49-31-3-1-5-35(23-31)54-45-15-9-29(21-39(45)41-25-33(51)11-17-47(41)54)27-7-13-43-37(19-27)38-20-28(8-14-44(38)53-43)30-10-16-46-40(22-30)42-26-34(52)12-18-48(42)55(46)36-6-2-4-32(50)24-36/h1-26,53H. The number of aromatic nitrogens is 3. The molecule has 0 radical (unpaired) electrons. The monoisotopic (exact) mass is 721 g/mol. The second-order valence-electron chi connectivity index (χ2n) is 14.1. The van der Waals surface area contributed by atoms with Crippen molar-refractivity contribution in [2.75, 3.05) is 0 Å². The highest BCUT2D eigenvalue weighted by molar-refractivity contribution is 6.13. The van der Waals surface area contributed by atoms with Crippen LogP contribution in [-0.4, -0.2) is 14.1 Å². The van der Waals surface area contributed by atoms with Crippen LogP contribution in [0, 0.1) is 23.3 Å². The average molecular weight is 722 g/mol. The van der Waals surface area contributed by atoms with Gasteiger partial charge >= 0.3 is 0 Å². The maximum Gasteiger partial charge on any atom is 0.125 e. The van der Waals surface area contributed by atoms with E-state index in [1.165, 1.54) is 48.5 Å². The van der Waals surface area contributed by atoms with Gasteiger partial charge in [0.2, 0.25) is 0 Å². The number of H-pyrrole nitrogens is 1. The summed E-state index contributed by atoms with van der Waals surface area (Å²) < 4.78 is 61.9. The number of nitrogens with zero attached hydrogens (tertiary/aromatic N) is 2. The van der Waals surface area contributed by atoms with Crippen molar-refractivity contribution in [3.05, 3.63) is 181 Å². The number of nitrogens with one attached hydrogen (secondary N) is 1. The fraction of sp³-hybridized carbons (Fsp3) is 0. The Morgan fingerprint density at radius 1 is 0.309 bits per heavy atom. The minimum atomic E-state index is -0.342. The van der Waals surface area contributed by atoms with Crippen LogP contribution in [0.1, 0.15) is 0 Å². The van der Waals surface area contributed by atoms with Crippen molar-refractivity contribution in [3.8, 4) is 33.6 Å². The normalized spacial score (nSPS) is 12.0. The Morgan fingerprint density at radius 3 is 1.07 bits per heavy atom. The van der Waals surface area contributed by atoms with Gasteiger partial charge in [0, 0.05) is 54.7 Å². The smallest absolute Gasteiger partial charge is 0.125 e. The summed E-state index contributed by atoms with van der Waals surface area (Å²) >= 11 is 0. The SMILES string of the molecule is Fc1cccc(-n2c3ccc(F)cc3c3cc(-c4ccc5[nH]c6ccc(-c7ccc8c(c7)c7cc(F)ccc7n8-c7cccc(F)c7)cc6c5c4)ccc32)c1. The molecule has 0 fully saturated rings. The van der Waals surface area contributed by atoms with E-state index in [9.17, 15) is 17.6 Å². The van der Waals surface area contributed by atoms with E-state index >= 15 is 0 Å². The van der Waals surface area contributed by atoms with E-state index in [1.54, 1.807) is 24.3 Å². The van der Waals surface area contributed by atoms with Gasteiger partial charge in [-0.05, 0) is 144 Å². The first-order valence-electron chi connectivity index (χ1n) is 17.9. The van der Waals surface area contributed by atoms with Crippen molar-refractivity contribution >= 4 is 65.4 Å². The van der Waals surface area contributed by atoms with Crippen LogP contribution in [0.4, 0.5) is 17.6 Å². The van der Waals surface area contributed by atoms with Crippen LogP contribution in [0.15, 0.2) is 158 Å². The lowest BCUT2D eigenvalue weighted by atomic mass is 9.98. The number of hydrogen-bond acceptors (Lipinski definition) is 0. The number of aromatic amines is 1. The van der Waals surface area contributed by atoms with Crippen LogP contribution < -0.4 is 0 Å². The Balaban J connectivity index is 1.05. The Morgan fingerprint density at radius 2 is 0.655 bits per heavy atom. The van der Waals surface area contributed by atoms with Gasteiger partial charge in [-0.3, -0.25) is 0 Å². The van der Waals surface area contributed by atoms with E-state index in [-0.39, 0.29) is 23.3 Å². The first-order valence-corrected chi connectivity index (χ1v) is 17.9. The largest absolute Gasteiger partial charge is 0.355 e. The second kappa shape index (κ2) is 11.7. The van der Waals surface area contributed by atoms with Crippen molar-refractivity contribution < 1.29 is 17.6 Å². The molecule has 262 valence electrons. The predicted octanol–water partition coefficient (Wildman–Crippen LogP) is 13.4. The number of rotatable bonds is 4. The highest BCUT2D eigenvalue weighted by atomic mass is 19.1. The lowest BCUT2D eigenvalue weighted by molar-refractivity contribution is 0.626. The summed E-state index contributed by atoms with van der Waals surface area (Å²) in [5.41, 5.74) is 10.5. The summed E-state index contributed by atoms with van der Waals surface area (Å²) in [5.74, 6) is -1.36. The molecule has 0 aliphatic rings. The van der Waals surface area contributed by atoms with E-state index in [1.807, 2.05) is 45.5 Å². The van der Waals surface area contributed by atoms with Crippen LogP contribution in [0.25, 0.3) is 99.0 Å². The van der Waals surface area contributed by atoms with Gasteiger partial charge in [-0.15, -0.1) is 0 Å². The molecular weight excluding hydrogens is 695 g/mol. The third kappa shape index (κ3) is 4.90. The number of hydrogen-bond donors (Lipinski definition) is 1. The number of benzene rings is 8. The quantitative estimate of drug-likeness (QED) is 0.175. The number of halogens is 4. The summed E-state index contributed by atoms with van der Waals surface area (Å²) in [6, 6.07) is 47.2. The molecule has 0 spiro atoms. The second-order valence-corrected chi connectivity index (χ2v) is 14.1. The van der Waals surface area contributed by atoms with Gasteiger partial charge in [0.05, 0.1) is 22.1 Å². The lowest BCUT2D eigenvalue weighted by Gasteiger charge is -2.09. The Bertz CT molecular complexity index is 3160. The summed E-state index contributed by atoms with van der Waals surface area (Å²) in [4.78, 5) is 3.56. The molecule has 8 aromatic carbocycles. The van der Waals surface area contributed by atoms with Crippen LogP contribution in [0.3, 0.4) is 0 Å². The van der Waals surface area contributed by atoms with E-state index in [0.717, 1.165) is 87.7 Å². The van der Waals surface area contributed by atoms with Gasteiger partial charge in [-0.1, -0.05) is 36.4 Å². The maximum atomic E-state index is 14.7. The zero-order valence-corrected chi connectivity index (χ0v) is 28.9. The summed E-state index contributed by atoms with van der Waals surface area (Å²) in [6.45, 7) is 0. The molecule has 7 heteroatoms. The fourth-order valence-corrected chi connectivity index (χ4v) is 8.39. The molecule has 0 aliphatic heterocycles. The first kappa shape index (κ1) is 31.4. The molecule has 55 heavy (non-hydrogen) atoms. The molecule has 0 saturated heterocycles. The Labute approximate surface area is 310 Å². The van der Waals surface area contributed by atoms with E-state index in [4.69, 9.17) is 0 Å². The molecule has 3 heterocycles. The molecular formula is C48H27F4N3. The van der Waals surface area contributed by atoms with Crippen molar-refractivity contribution in [1.29, 1.82) is 0 Å². The van der Waals surface area contributed by atoms with Crippen LogP contribution in [0.5, 0.6) is 0 Å². The zero-order valence-electron chi connectivity index (χ0n) is 28.9. The molecule has 0 bridgehead atoms. The average Bonchev–Trinajstić information content (AvgIpc) is 3.84. The third-order valence-corrected chi connectivity index (χ3v) is 10.9. The molecule has 0 amide bonds. The van der Waals surface area contributed by atoms with E-state index in [0.29, 0.717) is 11.4 Å². The Kier molecular flexibility index (Phi) is 6.68. The van der Waals surface area contributed by atoms with Crippen LogP contribution in [-0.2, 0) is 0 Å². The molecule has 3 aromatic heterocycles. The molecule has 11 aromatic rings. The highest BCUT2D eigenvalue weighted by Gasteiger charge is 2.17. The topological polar surface area (TPSA) is 25.6 Å². The van der Waals surface area contributed by atoms with Crippen molar-refractivity contribution in [3.63, 3.8) is 0 Å². The van der Waals surface area contributed by atoms with Crippen LogP contribution in [0.2, 0.25) is 0 Å². The minimum Gasteiger partial charge on any atom is -0.355 e. The molecule has 0 aliphatic carbocycles. The molecule has 0 unspecified atom stereocenters. The van der Waals surface area contributed by atoms with Gasteiger partial charge in [0.25, 0.3) is 0 Å². The third-order valence-electron chi connectivity index (χ3n) is 10.9. The van der Waals surface area contributed by atoms with E-state index in [2.05, 4.69) is 53.5 Å².